The Morgan fingerprint density at radius 1 is 1.60 bits per heavy atom. The predicted molar refractivity (Wildman–Crippen MR) is 57.4 cm³/mol. The maximum absolute atomic E-state index is 11.1. The zero-order chi connectivity index (χ0) is 11.3. The second kappa shape index (κ2) is 5.36. The van der Waals surface area contributed by atoms with Gasteiger partial charge < -0.3 is 14.9 Å². The second-order valence-electron chi connectivity index (χ2n) is 3.05. The molecule has 0 fully saturated rings. The molecule has 0 aliphatic heterocycles. The van der Waals surface area contributed by atoms with Gasteiger partial charge in [-0.05, 0) is 24.6 Å². The van der Waals surface area contributed by atoms with Gasteiger partial charge in [-0.15, -0.1) is 0 Å². The fourth-order valence-electron chi connectivity index (χ4n) is 1.15. The quantitative estimate of drug-likeness (QED) is 0.768. The third-order valence-electron chi connectivity index (χ3n) is 2.08. The molecule has 0 spiro atoms. The van der Waals surface area contributed by atoms with E-state index in [1.165, 1.54) is 7.11 Å². The summed E-state index contributed by atoms with van der Waals surface area (Å²) in [6.45, 7) is 2.51. The molecule has 1 aromatic rings. The van der Waals surface area contributed by atoms with Crippen molar-refractivity contribution in [3.05, 3.63) is 29.2 Å². The van der Waals surface area contributed by atoms with Crippen LogP contribution in [0.1, 0.15) is 29.7 Å². The van der Waals surface area contributed by atoms with Crippen LogP contribution in [0.2, 0.25) is 0 Å². The first-order valence-corrected chi connectivity index (χ1v) is 4.79. The Morgan fingerprint density at radius 2 is 2.33 bits per heavy atom. The summed E-state index contributed by atoms with van der Waals surface area (Å²) in [7, 11) is 1.32. The molecule has 15 heavy (non-hydrogen) atoms. The van der Waals surface area contributed by atoms with Crippen molar-refractivity contribution in [3.8, 4) is 0 Å². The first-order chi connectivity index (χ1) is 7.21. The lowest BCUT2D eigenvalue weighted by molar-refractivity contribution is 0.0564. The zero-order valence-electron chi connectivity index (χ0n) is 8.95. The van der Waals surface area contributed by atoms with Gasteiger partial charge in [-0.1, -0.05) is 12.5 Å². The number of ether oxygens (including phenoxy) is 1. The van der Waals surface area contributed by atoms with Gasteiger partial charge in [0.2, 0.25) is 5.76 Å². The van der Waals surface area contributed by atoms with Gasteiger partial charge in [-0.25, -0.2) is 4.79 Å². The number of carbonyl (C=O) groups excluding carboxylic acids is 1. The lowest BCUT2D eigenvalue weighted by Crippen LogP contribution is -2.01. The van der Waals surface area contributed by atoms with Crippen LogP contribution in [0.25, 0.3) is 6.08 Å². The van der Waals surface area contributed by atoms with Crippen LogP contribution in [0.15, 0.2) is 22.1 Å². The first-order valence-electron chi connectivity index (χ1n) is 4.79. The van der Waals surface area contributed by atoms with E-state index in [4.69, 9.17) is 10.2 Å². The molecule has 0 aromatic carbocycles. The molecule has 0 atom stereocenters. The Balaban J connectivity index is 2.84. The van der Waals surface area contributed by atoms with E-state index in [9.17, 15) is 4.79 Å². The Morgan fingerprint density at radius 3 is 2.87 bits per heavy atom. The molecule has 1 rings (SSSR count). The molecular formula is C11H15NO3. The fourth-order valence-corrected chi connectivity index (χ4v) is 1.15. The molecule has 82 valence electrons. The Labute approximate surface area is 88.7 Å². The highest BCUT2D eigenvalue weighted by atomic mass is 16.5. The molecule has 2 N–H and O–H groups in total. The number of furan rings is 1. The van der Waals surface area contributed by atoms with Crippen molar-refractivity contribution >= 4 is 12.0 Å². The molecular weight excluding hydrogens is 194 g/mol. The number of methoxy groups -OCH3 is 1. The summed E-state index contributed by atoms with van der Waals surface area (Å²) < 4.78 is 9.79. The highest BCUT2D eigenvalue weighted by Crippen LogP contribution is 2.13. The summed E-state index contributed by atoms with van der Waals surface area (Å²) >= 11 is 0. The molecule has 0 saturated carbocycles. The minimum absolute atomic E-state index is 0.205. The van der Waals surface area contributed by atoms with Crippen molar-refractivity contribution in [1.29, 1.82) is 0 Å². The average Bonchev–Trinajstić information content (AvgIpc) is 2.73. The van der Waals surface area contributed by atoms with Crippen molar-refractivity contribution in [2.45, 2.75) is 13.3 Å². The number of carbonyl (C=O) groups is 1. The molecule has 4 nitrogen and oxygen atoms in total. The molecule has 0 saturated heterocycles. The van der Waals surface area contributed by atoms with Crippen LogP contribution < -0.4 is 5.73 Å². The lowest BCUT2D eigenvalue weighted by atomic mass is 10.2. The van der Waals surface area contributed by atoms with E-state index in [0.29, 0.717) is 12.3 Å². The van der Waals surface area contributed by atoms with Crippen LogP contribution in [0.5, 0.6) is 0 Å². The van der Waals surface area contributed by atoms with Crippen LogP contribution in [0.4, 0.5) is 0 Å². The van der Waals surface area contributed by atoms with Crippen LogP contribution in [0.3, 0.4) is 0 Å². The van der Waals surface area contributed by atoms with Crippen molar-refractivity contribution in [2.24, 2.45) is 5.73 Å². The number of esters is 1. The standard InChI is InChI=1S/C11H15NO3/c1-3-8(7-12)6-9-4-5-10(15-9)11(13)14-2/h4-6H,3,7,12H2,1-2H3. The lowest BCUT2D eigenvalue weighted by Gasteiger charge is -1.97. The molecule has 1 aromatic heterocycles. The fraction of sp³-hybridized carbons (Fsp3) is 0.364. The van der Waals surface area contributed by atoms with Crippen molar-refractivity contribution < 1.29 is 13.9 Å². The zero-order valence-corrected chi connectivity index (χ0v) is 8.95. The summed E-state index contributed by atoms with van der Waals surface area (Å²) in [5.41, 5.74) is 6.59. The number of hydrogen-bond donors (Lipinski definition) is 1. The summed E-state index contributed by atoms with van der Waals surface area (Å²) in [5.74, 6) is 0.356. The minimum Gasteiger partial charge on any atom is -0.463 e. The molecule has 0 aliphatic rings. The summed E-state index contributed by atoms with van der Waals surface area (Å²) in [6.07, 6.45) is 2.71. The minimum atomic E-state index is -0.472. The molecule has 1 heterocycles. The van der Waals surface area contributed by atoms with E-state index >= 15 is 0 Å². The van der Waals surface area contributed by atoms with Gasteiger partial charge in [-0.3, -0.25) is 0 Å². The first kappa shape index (κ1) is 11.5. The third kappa shape index (κ3) is 2.95. The highest BCUT2D eigenvalue weighted by molar-refractivity contribution is 5.86. The predicted octanol–water partition coefficient (Wildman–Crippen LogP) is 1.82. The maximum Gasteiger partial charge on any atom is 0.373 e. The monoisotopic (exact) mass is 209 g/mol. The molecule has 0 bridgehead atoms. The third-order valence-corrected chi connectivity index (χ3v) is 2.08. The number of rotatable bonds is 4. The molecule has 0 unspecified atom stereocenters. The summed E-state index contributed by atoms with van der Waals surface area (Å²) in [4.78, 5) is 11.1. The topological polar surface area (TPSA) is 65.5 Å². The van der Waals surface area contributed by atoms with Crippen molar-refractivity contribution in [3.63, 3.8) is 0 Å². The second-order valence-corrected chi connectivity index (χ2v) is 3.05. The van der Waals surface area contributed by atoms with Crippen LogP contribution in [0, 0.1) is 0 Å². The van der Waals surface area contributed by atoms with E-state index in [-0.39, 0.29) is 5.76 Å². The van der Waals surface area contributed by atoms with Gasteiger partial charge in [0.15, 0.2) is 0 Å². The van der Waals surface area contributed by atoms with Crippen molar-refractivity contribution in [1.82, 2.24) is 0 Å². The molecule has 0 aliphatic carbocycles. The largest absolute Gasteiger partial charge is 0.463 e. The smallest absolute Gasteiger partial charge is 0.373 e. The van der Waals surface area contributed by atoms with E-state index < -0.39 is 5.97 Å². The number of nitrogens with two attached hydrogens (primary N) is 1. The highest BCUT2D eigenvalue weighted by Gasteiger charge is 2.09. The van der Waals surface area contributed by atoms with Gasteiger partial charge in [0.05, 0.1) is 7.11 Å². The molecule has 0 amide bonds. The Hall–Kier alpha value is -1.55. The Kier molecular flexibility index (Phi) is 4.12. The maximum atomic E-state index is 11.1. The average molecular weight is 209 g/mol. The van der Waals surface area contributed by atoms with Gasteiger partial charge >= 0.3 is 5.97 Å². The Bertz CT molecular complexity index is 360. The van der Waals surface area contributed by atoms with E-state index in [1.807, 2.05) is 13.0 Å². The summed E-state index contributed by atoms with van der Waals surface area (Å²) in [6, 6.07) is 3.30. The van der Waals surface area contributed by atoms with Gasteiger partial charge in [-0.2, -0.15) is 0 Å². The number of hydrogen-bond acceptors (Lipinski definition) is 4. The summed E-state index contributed by atoms with van der Waals surface area (Å²) in [5, 5.41) is 0. The molecule has 0 radical (unpaired) electrons. The SMILES string of the molecule is CCC(=Cc1ccc(C(=O)OC)o1)CN. The van der Waals surface area contributed by atoms with Crippen LogP contribution in [-0.2, 0) is 4.74 Å². The van der Waals surface area contributed by atoms with Crippen LogP contribution >= 0.6 is 0 Å². The van der Waals surface area contributed by atoms with Gasteiger partial charge in [0.25, 0.3) is 0 Å². The van der Waals surface area contributed by atoms with Gasteiger partial charge in [0.1, 0.15) is 5.76 Å². The van der Waals surface area contributed by atoms with E-state index in [2.05, 4.69) is 4.74 Å². The van der Waals surface area contributed by atoms with E-state index in [1.54, 1.807) is 12.1 Å². The molecule has 4 heteroatoms. The van der Waals surface area contributed by atoms with Crippen molar-refractivity contribution in [2.75, 3.05) is 13.7 Å². The normalized spacial score (nSPS) is 11.5. The van der Waals surface area contributed by atoms with Crippen LogP contribution in [-0.4, -0.2) is 19.6 Å². The van der Waals surface area contributed by atoms with E-state index in [0.717, 1.165) is 12.0 Å². The van der Waals surface area contributed by atoms with Gasteiger partial charge in [0, 0.05) is 6.54 Å².